The van der Waals surface area contributed by atoms with E-state index in [9.17, 15) is 13.2 Å². The van der Waals surface area contributed by atoms with Crippen LogP contribution in [0.5, 0.6) is 0 Å². The molecular weight excluding hydrogens is 258 g/mol. The SMILES string of the molecule is COC(=O)C(Cl)CNS(=O)(=O)c1ccn[nH]1. The summed E-state index contributed by atoms with van der Waals surface area (Å²) in [5, 5.41) is 4.62. The highest BCUT2D eigenvalue weighted by molar-refractivity contribution is 7.89. The summed E-state index contributed by atoms with van der Waals surface area (Å²) >= 11 is 5.57. The van der Waals surface area contributed by atoms with E-state index in [2.05, 4.69) is 19.7 Å². The maximum absolute atomic E-state index is 11.5. The van der Waals surface area contributed by atoms with Gasteiger partial charge >= 0.3 is 5.97 Å². The van der Waals surface area contributed by atoms with Crippen LogP contribution in [-0.2, 0) is 19.6 Å². The normalized spacial score (nSPS) is 13.4. The molecule has 7 nitrogen and oxygen atoms in total. The third-order valence-corrected chi connectivity index (χ3v) is 3.36. The van der Waals surface area contributed by atoms with Gasteiger partial charge in [-0.15, -0.1) is 11.6 Å². The summed E-state index contributed by atoms with van der Waals surface area (Å²) in [6, 6.07) is 1.28. The Balaban J connectivity index is 2.59. The molecular formula is C7H10ClN3O4S. The third kappa shape index (κ3) is 3.19. The number of ether oxygens (including phenoxy) is 1. The van der Waals surface area contributed by atoms with Gasteiger partial charge in [-0.05, 0) is 6.07 Å². The monoisotopic (exact) mass is 267 g/mol. The largest absolute Gasteiger partial charge is 0.468 e. The highest BCUT2D eigenvalue weighted by Gasteiger charge is 2.21. The average Bonchev–Trinajstić information content (AvgIpc) is 2.78. The van der Waals surface area contributed by atoms with Gasteiger partial charge in [-0.3, -0.25) is 9.89 Å². The van der Waals surface area contributed by atoms with Crippen LogP contribution in [0.25, 0.3) is 0 Å². The summed E-state index contributed by atoms with van der Waals surface area (Å²) in [4.78, 5) is 10.9. The molecule has 0 spiro atoms. The molecule has 9 heteroatoms. The van der Waals surface area contributed by atoms with E-state index >= 15 is 0 Å². The second kappa shape index (κ2) is 5.28. The van der Waals surface area contributed by atoms with Crippen molar-refractivity contribution in [1.29, 1.82) is 0 Å². The molecule has 1 unspecified atom stereocenters. The summed E-state index contributed by atoms with van der Waals surface area (Å²) in [5.41, 5.74) is 0. The standard InChI is InChI=1S/C7H10ClN3O4S/c1-15-7(12)5(8)4-10-16(13,14)6-2-3-9-11-6/h2-3,5,10H,4H2,1H3,(H,9,11). The van der Waals surface area contributed by atoms with Crippen LogP contribution in [0.3, 0.4) is 0 Å². The lowest BCUT2D eigenvalue weighted by Gasteiger charge is -2.08. The van der Waals surface area contributed by atoms with Gasteiger partial charge in [0.2, 0.25) is 0 Å². The molecule has 1 atom stereocenters. The van der Waals surface area contributed by atoms with Crippen LogP contribution in [0.15, 0.2) is 17.3 Å². The highest BCUT2D eigenvalue weighted by Crippen LogP contribution is 2.04. The number of nitrogens with zero attached hydrogens (tertiary/aromatic N) is 1. The molecule has 0 saturated carbocycles. The highest BCUT2D eigenvalue weighted by atomic mass is 35.5. The Kier molecular flexibility index (Phi) is 4.27. The predicted molar refractivity (Wildman–Crippen MR) is 55.4 cm³/mol. The summed E-state index contributed by atoms with van der Waals surface area (Å²) in [6.07, 6.45) is 1.30. The van der Waals surface area contributed by atoms with E-state index in [1.54, 1.807) is 0 Å². The Morgan fingerprint density at radius 1 is 1.75 bits per heavy atom. The van der Waals surface area contributed by atoms with E-state index in [1.807, 2.05) is 0 Å². The first-order chi connectivity index (χ1) is 7.47. The minimum absolute atomic E-state index is 0.0961. The van der Waals surface area contributed by atoms with Gasteiger partial charge in [0.1, 0.15) is 5.38 Å². The van der Waals surface area contributed by atoms with E-state index in [-0.39, 0.29) is 11.6 Å². The Bertz CT molecular complexity index is 444. The number of hydrogen-bond donors (Lipinski definition) is 2. The Hall–Kier alpha value is -1.12. The van der Waals surface area contributed by atoms with Gasteiger partial charge in [0, 0.05) is 6.54 Å². The van der Waals surface area contributed by atoms with Crippen LogP contribution in [0, 0.1) is 0 Å². The number of hydrogen-bond acceptors (Lipinski definition) is 5. The fourth-order valence-corrected chi connectivity index (χ4v) is 2.08. The van der Waals surface area contributed by atoms with Gasteiger partial charge in [-0.1, -0.05) is 0 Å². The summed E-state index contributed by atoms with van der Waals surface area (Å²) in [6.45, 7) is -0.254. The number of carbonyl (C=O) groups is 1. The quantitative estimate of drug-likeness (QED) is 0.552. The fourth-order valence-electron chi connectivity index (χ4n) is 0.865. The number of halogens is 1. The molecule has 90 valence electrons. The van der Waals surface area contributed by atoms with E-state index in [4.69, 9.17) is 11.6 Å². The fraction of sp³-hybridized carbons (Fsp3) is 0.429. The molecule has 1 aromatic rings. The molecule has 0 aromatic carbocycles. The molecule has 0 saturated heterocycles. The van der Waals surface area contributed by atoms with Crippen molar-refractivity contribution in [2.45, 2.75) is 10.4 Å². The number of aromatic nitrogens is 2. The van der Waals surface area contributed by atoms with Crippen molar-refractivity contribution in [3.05, 3.63) is 12.3 Å². The van der Waals surface area contributed by atoms with Crippen molar-refractivity contribution in [1.82, 2.24) is 14.9 Å². The van der Waals surface area contributed by atoms with Gasteiger partial charge in [0.15, 0.2) is 5.03 Å². The summed E-state index contributed by atoms with van der Waals surface area (Å²) < 4.78 is 29.5. The maximum atomic E-state index is 11.5. The average molecular weight is 268 g/mol. The molecule has 1 heterocycles. The number of rotatable bonds is 5. The molecule has 0 aliphatic carbocycles. The van der Waals surface area contributed by atoms with Crippen molar-refractivity contribution in [2.24, 2.45) is 0 Å². The number of alkyl halides is 1. The van der Waals surface area contributed by atoms with Crippen molar-refractivity contribution in [3.8, 4) is 0 Å². The van der Waals surface area contributed by atoms with Crippen molar-refractivity contribution < 1.29 is 17.9 Å². The summed E-state index contributed by atoms with van der Waals surface area (Å²) in [5.74, 6) is -0.700. The maximum Gasteiger partial charge on any atom is 0.325 e. The molecule has 0 fully saturated rings. The molecule has 0 bridgehead atoms. The molecule has 2 N–H and O–H groups in total. The molecule has 1 rings (SSSR count). The smallest absolute Gasteiger partial charge is 0.325 e. The molecule has 16 heavy (non-hydrogen) atoms. The van der Waals surface area contributed by atoms with Crippen LogP contribution in [0.1, 0.15) is 0 Å². The minimum atomic E-state index is -3.71. The van der Waals surface area contributed by atoms with Gasteiger partial charge in [-0.25, -0.2) is 13.1 Å². The Morgan fingerprint density at radius 3 is 2.94 bits per heavy atom. The Labute approximate surface area is 97.2 Å². The number of esters is 1. The van der Waals surface area contributed by atoms with Crippen LogP contribution < -0.4 is 4.72 Å². The van der Waals surface area contributed by atoms with Gasteiger partial charge in [0.05, 0.1) is 13.3 Å². The van der Waals surface area contributed by atoms with Crippen LogP contribution in [0.4, 0.5) is 0 Å². The molecule has 0 radical (unpaired) electrons. The number of H-pyrrole nitrogens is 1. The zero-order valence-electron chi connectivity index (χ0n) is 8.31. The van der Waals surface area contributed by atoms with Crippen molar-refractivity contribution in [3.63, 3.8) is 0 Å². The lowest BCUT2D eigenvalue weighted by atomic mass is 10.4. The minimum Gasteiger partial charge on any atom is -0.468 e. The topological polar surface area (TPSA) is 101 Å². The molecule has 0 aliphatic rings. The van der Waals surface area contributed by atoms with E-state index in [1.165, 1.54) is 19.4 Å². The van der Waals surface area contributed by atoms with Crippen molar-refractivity contribution >= 4 is 27.6 Å². The second-order valence-corrected chi connectivity index (χ2v) is 5.03. The predicted octanol–water partition coefficient (Wildman–Crippen LogP) is -0.532. The number of sulfonamides is 1. The first kappa shape index (κ1) is 12.9. The number of methoxy groups -OCH3 is 1. The van der Waals surface area contributed by atoms with Crippen LogP contribution >= 0.6 is 11.6 Å². The van der Waals surface area contributed by atoms with E-state index < -0.39 is 21.4 Å². The van der Waals surface area contributed by atoms with Gasteiger partial charge in [-0.2, -0.15) is 5.10 Å². The number of carbonyl (C=O) groups excluding carboxylic acids is 1. The van der Waals surface area contributed by atoms with Crippen LogP contribution in [0.2, 0.25) is 0 Å². The van der Waals surface area contributed by atoms with Gasteiger partial charge < -0.3 is 4.74 Å². The molecule has 0 amide bonds. The Morgan fingerprint density at radius 2 is 2.44 bits per heavy atom. The van der Waals surface area contributed by atoms with Crippen LogP contribution in [-0.4, -0.2) is 43.6 Å². The van der Waals surface area contributed by atoms with Gasteiger partial charge in [0.25, 0.3) is 10.0 Å². The van der Waals surface area contributed by atoms with E-state index in [0.717, 1.165) is 0 Å². The first-order valence-corrected chi connectivity index (χ1v) is 6.10. The number of aromatic amines is 1. The molecule has 0 aliphatic heterocycles. The lowest BCUT2D eigenvalue weighted by Crippen LogP contribution is -2.34. The third-order valence-electron chi connectivity index (χ3n) is 1.67. The first-order valence-electron chi connectivity index (χ1n) is 4.18. The summed E-state index contributed by atoms with van der Waals surface area (Å²) in [7, 11) is -2.55. The van der Waals surface area contributed by atoms with E-state index in [0.29, 0.717) is 0 Å². The zero-order chi connectivity index (χ0) is 12.2. The molecule has 1 aromatic heterocycles. The number of nitrogens with one attached hydrogen (secondary N) is 2. The van der Waals surface area contributed by atoms with Crippen molar-refractivity contribution in [2.75, 3.05) is 13.7 Å². The second-order valence-electron chi connectivity index (χ2n) is 2.76. The zero-order valence-corrected chi connectivity index (χ0v) is 9.88. The lowest BCUT2D eigenvalue weighted by molar-refractivity contribution is -0.140.